The summed E-state index contributed by atoms with van der Waals surface area (Å²) in [6.07, 6.45) is 14.3. The van der Waals surface area contributed by atoms with Gasteiger partial charge in [0.2, 0.25) is 0 Å². The number of allylic oxidation sites excluding steroid dienone is 1. The van der Waals surface area contributed by atoms with Gasteiger partial charge in [0.15, 0.2) is 0 Å². The Morgan fingerprint density at radius 1 is 0.967 bits per heavy atom. The van der Waals surface area contributed by atoms with Gasteiger partial charge in [-0.15, -0.1) is 37.6 Å². The van der Waals surface area contributed by atoms with Gasteiger partial charge in [-0.1, -0.05) is 92.0 Å². The Morgan fingerprint density at radius 2 is 1.37 bits per heavy atom. The molecule has 0 aromatic heterocycles. The first-order valence-corrected chi connectivity index (χ1v) is 11.1. The molecule has 1 aromatic carbocycles. The first-order valence-electron chi connectivity index (χ1n) is 11.1. The minimum Gasteiger partial charge on any atom is -0.524 e. The van der Waals surface area contributed by atoms with Crippen LogP contribution in [0, 0.1) is 18.0 Å². The molecule has 0 heterocycles. The van der Waals surface area contributed by atoms with E-state index in [1.54, 1.807) is 0 Å². The summed E-state index contributed by atoms with van der Waals surface area (Å²) in [6, 6.07) is 8.40. The third-order valence-corrected chi connectivity index (χ3v) is 3.20. The zero-order chi connectivity index (χ0) is 23.6. The summed E-state index contributed by atoms with van der Waals surface area (Å²) in [7, 11) is 0. The van der Waals surface area contributed by atoms with E-state index in [2.05, 4.69) is 110 Å². The molecule has 0 fully saturated rings. The molecule has 30 heavy (non-hydrogen) atoms. The molecule has 1 aromatic rings. The van der Waals surface area contributed by atoms with Crippen LogP contribution >= 0.6 is 0 Å². The Balaban J connectivity index is -0.000000110. The summed E-state index contributed by atoms with van der Waals surface area (Å²) in [5, 5.41) is 2.94. The number of anilines is 1. The van der Waals surface area contributed by atoms with E-state index in [-0.39, 0.29) is 51.4 Å². The van der Waals surface area contributed by atoms with Crippen LogP contribution in [0.3, 0.4) is 0 Å². The second-order valence-corrected chi connectivity index (χ2v) is 7.30. The molecule has 1 N–H and O–H groups in total. The van der Waals surface area contributed by atoms with Crippen molar-refractivity contribution in [1.29, 1.82) is 0 Å². The van der Waals surface area contributed by atoms with E-state index in [4.69, 9.17) is 0 Å². The minimum atomic E-state index is 0. The molecular weight excluding hydrogens is 389 g/mol. The van der Waals surface area contributed by atoms with Crippen molar-refractivity contribution in [2.24, 2.45) is 5.41 Å². The number of unbranched alkanes of at least 4 members (excludes halogenated alkanes) is 4. The van der Waals surface area contributed by atoms with Crippen LogP contribution < -0.4 is 56.7 Å². The molecule has 0 spiro atoms. The van der Waals surface area contributed by atoms with Gasteiger partial charge in [-0.3, -0.25) is 0 Å². The maximum Gasteiger partial charge on any atom is 1.00 e. The monoisotopic (exact) mass is 440 g/mol. The molecule has 0 aliphatic carbocycles. The molecule has 0 saturated carbocycles. The van der Waals surface area contributed by atoms with Crippen molar-refractivity contribution >= 4 is 5.69 Å². The minimum absolute atomic E-state index is 0. The Hall–Kier alpha value is -0.124. The molecular formula is C28H51KN-. The van der Waals surface area contributed by atoms with Gasteiger partial charge in [-0.25, -0.2) is 0 Å². The number of rotatable bonds is 8. The van der Waals surface area contributed by atoms with Crippen molar-refractivity contribution in [2.45, 2.75) is 93.9 Å². The van der Waals surface area contributed by atoms with Crippen LogP contribution in [-0.2, 0) is 6.42 Å². The van der Waals surface area contributed by atoms with Gasteiger partial charge in [0, 0.05) is 0 Å². The van der Waals surface area contributed by atoms with Crippen LogP contribution in [0.15, 0.2) is 56.7 Å². The first kappa shape index (κ1) is 40.3. The second-order valence-electron chi connectivity index (χ2n) is 7.30. The van der Waals surface area contributed by atoms with Crippen LogP contribution in [0.4, 0.5) is 5.69 Å². The Labute approximate surface area is 234 Å². The summed E-state index contributed by atoms with van der Waals surface area (Å²) in [5.41, 5.74) is 2.75. The third kappa shape index (κ3) is 38.5. The number of hydrogen-bond donors (Lipinski definition) is 1. The average Bonchev–Trinajstić information content (AvgIpc) is 2.73. The molecule has 0 radical (unpaired) electrons. The van der Waals surface area contributed by atoms with E-state index >= 15 is 0 Å². The SMILES string of the molecule is C=C.C=CCC.C=[C-]Nc1ccc(CC(C)(C)C)cc1.CC.CCC[CH-]CCC.[K+]. The summed E-state index contributed by atoms with van der Waals surface area (Å²) >= 11 is 0. The first-order chi connectivity index (χ1) is 13.8. The molecule has 1 rings (SSSR count). The molecule has 170 valence electrons. The maximum absolute atomic E-state index is 3.50. The van der Waals surface area contributed by atoms with Crippen molar-refractivity contribution < 1.29 is 51.4 Å². The van der Waals surface area contributed by atoms with Crippen LogP contribution in [0.5, 0.6) is 0 Å². The van der Waals surface area contributed by atoms with Crippen LogP contribution in [-0.4, -0.2) is 0 Å². The van der Waals surface area contributed by atoms with Gasteiger partial charge in [0.25, 0.3) is 0 Å². The van der Waals surface area contributed by atoms with Crippen LogP contribution in [0.25, 0.3) is 0 Å². The van der Waals surface area contributed by atoms with E-state index in [9.17, 15) is 0 Å². The van der Waals surface area contributed by atoms with Crippen LogP contribution in [0.2, 0.25) is 0 Å². The van der Waals surface area contributed by atoms with E-state index < -0.39 is 0 Å². The van der Waals surface area contributed by atoms with Crippen LogP contribution in [0.1, 0.15) is 93.1 Å². The topological polar surface area (TPSA) is 12.0 Å². The van der Waals surface area contributed by atoms with Crippen molar-refractivity contribution in [1.82, 2.24) is 0 Å². The summed E-state index contributed by atoms with van der Waals surface area (Å²) in [5.74, 6) is 0. The zero-order valence-electron chi connectivity index (χ0n) is 22.0. The molecule has 0 unspecified atom stereocenters. The van der Waals surface area contributed by atoms with Crippen molar-refractivity contribution in [3.8, 4) is 0 Å². The zero-order valence-corrected chi connectivity index (χ0v) is 25.2. The molecule has 0 bridgehead atoms. The van der Waals surface area contributed by atoms with E-state index in [1.165, 1.54) is 31.2 Å². The Bertz CT molecular complexity index is 425. The van der Waals surface area contributed by atoms with Gasteiger partial charge in [0.05, 0.1) is 0 Å². The van der Waals surface area contributed by atoms with Gasteiger partial charge in [-0.2, -0.15) is 25.6 Å². The summed E-state index contributed by atoms with van der Waals surface area (Å²) < 4.78 is 0. The van der Waals surface area contributed by atoms with E-state index in [0.29, 0.717) is 5.41 Å². The summed E-state index contributed by atoms with van der Waals surface area (Å²) in [6.45, 7) is 30.2. The number of nitrogens with one attached hydrogen (secondary N) is 1. The molecule has 0 amide bonds. The van der Waals surface area contributed by atoms with E-state index in [0.717, 1.165) is 18.5 Å². The number of benzene rings is 1. The van der Waals surface area contributed by atoms with Gasteiger partial charge in [-0.05, 0) is 18.3 Å². The fraction of sp³-hybridized carbons (Fsp3) is 0.536. The molecule has 1 nitrogen and oxygen atoms in total. The average molecular weight is 441 g/mol. The van der Waals surface area contributed by atoms with Gasteiger partial charge >= 0.3 is 51.4 Å². The molecule has 0 atom stereocenters. The van der Waals surface area contributed by atoms with E-state index in [1.807, 2.05) is 19.9 Å². The predicted molar refractivity (Wildman–Crippen MR) is 139 cm³/mol. The largest absolute Gasteiger partial charge is 1.00 e. The Morgan fingerprint density at radius 3 is 1.63 bits per heavy atom. The van der Waals surface area contributed by atoms with Gasteiger partial charge in [0.1, 0.15) is 0 Å². The Kier molecular flexibility index (Phi) is 45.0. The fourth-order valence-corrected chi connectivity index (χ4v) is 1.97. The normalized spacial score (nSPS) is 8.53. The van der Waals surface area contributed by atoms with Crippen molar-refractivity contribution in [3.05, 3.63) is 74.8 Å². The quantitative estimate of drug-likeness (QED) is 0.153. The molecule has 0 aliphatic rings. The number of hydrogen-bond acceptors (Lipinski definition) is 1. The van der Waals surface area contributed by atoms with Crippen molar-refractivity contribution in [2.75, 3.05) is 5.32 Å². The van der Waals surface area contributed by atoms with Crippen molar-refractivity contribution in [3.63, 3.8) is 0 Å². The standard InChI is InChI=1S/C13H18N.C7H15.C4H8.C2H6.C2H4.K/c1-5-14-12-8-6-11(7-9-12)10-13(2,3)4;1-3-5-7-6-4-2;1-3-4-2;2*1-2;/h6-9,14H,1,10H2,2-4H3;7H,3-6H2,1-2H3;3H,1,4H2,2H3;1-2H3;1-2H2;/q2*-1;;;;+1. The smallest absolute Gasteiger partial charge is 0.524 e. The maximum atomic E-state index is 3.50. The van der Waals surface area contributed by atoms with Gasteiger partial charge < -0.3 is 11.7 Å². The summed E-state index contributed by atoms with van der Waals surface area (Å²) in [4.78, 5) is 0. The second kappa shape index (κ2) is 33.5. The molecule has 0 saturated heterocycles. The fourth-order valence-electron chi connectivity index (χ4n) is 1.97. The molecule has 2 heteroatoms. The predicted octanol–water partition coefficient (Wildman–Crippen LogP) is 6.84. The third-order valence-electron chi connectivity index (χ3n) is 3.20. The molecule has 0 aliphatic heterocycles.